The van der Waals surface area contributed by atoms with Gasteiger partial charge in [-0.05, 0) is 0 Å². The van der Waals surface area contributed by atoms with Gasteiger partial charge >= 0.3 is 144 Å². The van der Waals surface area contributed by atoms with Crippen LogP contribution in [0.3, 0.4) is 0 Å². The molecule has 0 aromatic heterocycles. The molecule has 154 valence electrons. The van der Waals surface area contributed by atoms with Crippen molar-refractivity contribution in [3.8, 4) is 0 Å². The minimum absolute atomic E-state index is 0. The number of rotatable bonds is 5. The molecule has 0 spiro atoms. The number of phosphoric acid groups is 1. The third-order valence-corrected chi connectivity index (χ3v) is 1.29. The first-order valence-corrected chi connectivity index (χ1v) is 7.52. The van der Waals surface area contributed by atoms with Crippen molar-refractivity contribution in [3.63, 3.8) is 0 Å². The number of aliphatic hydroxyl groups is 1. The van der Waals surface area contributed by atoms with Gasteiger partial charge in [0.2, 0.25) is 0 Å². The van der Waals surface area contributed by atoms with Crippen LogP contribution < -0.4 is 143 Å². The van der Waals surface area contributed by atoms with Gasteiger partial charge < -0.3 is 69.0 Å². The topological polar surface area (TPSA) is 290 Å². The van der Waals surface area contributed by atoms with Gasteiger partial charge in [-0.15, -0.1) is 0 Å². The van der Waals surface area contributed by atoms with Gasteiger partial charge in [0.15, 0.2) is 5.60 Å². The van der Waals surface area contributed by atoms with Crippen LogP contribution in [0.1, 0.15) is 12.8 Å². The molecule has 0 heterocycles. The molecule has 23 heteroatoms. The van der Waals surface area contributed by atoms with Crippen LogP contribution >= 0.6 is 7.82 Å². The first kappa shape index (κ1) is 58.1. The SMILES string of the molecule is O=C(O)CC(O)(CC(=O)O)C(=O)O.O=P(O)(O)O.O=S(=O)([O-])[O-].[Cl-].[Cl-].[Na+].[Na+].[Na+].[Na+]. The maximum atomic E-state index is 10.3. The Morgan fingerprint density at radius 2 is 0.931 bits per heavy atom. The summed E-state index contributed by atoms with van der Waals surface area (Å²) in [6, 6.07) is 0. The van der Waals surface area contributed by atoms with E-state index in [1.807, 2.05) is 0 Å². The predicted molar refractivity (Wildman–Crippen MR) is 61.8 cm³/mol. The number of hydrogen-bond donors (Lipinski definition) is 7. The van der Waals surface area contributed by atoms with E-state index in [2.05, 4.69) is 0 Å². The summed E-state index contributed by atoms with van der Waals surface area (Å²) in [5.41, 5.74) is -2.74. The number of hydrogen-bond acceptors (Lipinski definition) is 9. The number of halogens is 2. The molecule has 0 aromatic carbocycles. The molecule has 0 aliphatic carbocycles. The zero-order chi connectivity index (χ0) is 19.6. The van der Waals surface area contributed by atoms with Crippen molar-refractivity contribution in [1.82, 2.24) is 0 Å². The largest absolute Gasteiger partial charge is 1.00 e. The van der Waals surface area contributed by atoms with Crippen LogP contribution in [0, 0.1) is 0 Å². The standard InChI is InChI=1S/C6H8O7.2ClH.4Na.H3O4P.H2O4S/c7-3(8)1-6(13,5(11)12)2-4(9)10;;;;;;;2*1-5(2,3)4/h13H,1-2H2,(H,7,8)(H,9,10)(H,11,12);2*1H;;;;;(H3,1,2,3,4);(H2,1,2,3,4)/q;;;4*+1;;/p-4. The molecular formula is C6H11Cl2Na4O15PS. The van der Waals surface area contributed by atoms with Crippen LogP contribution in [0.4, 0.5) is 0 Å². The zero-order valence-electron chi connectivity index (χ0n) is 15.4. The monoisotopic (exact) mass is 548 g/mol. The molecule has 0 bridgehead atoms. The summed E-state index contributed by atoms with van der Waals surface area (Å²) in [5.74, 6) is -5.02. The maximum Gasteiger partial charge on any atom is 1.00 e. The summed E-state index contributed by atoms with van der Waals surface area (Å²) in [7, 11) is -9.81. The molecule has 0 saturated carbocycles. The molecule has 7 N–H and O–H groups in total. The Kier molecular flexibility index (Phi) is 54.4. The average Bonchev–Trinajstić information content (AvgIpc) is 2.07. The van der Waals surface area contributed by atoms with Crippen LogP contribution in [0.5, 0.6) is 0 Å². The van der Waals surface area contributed by atoms with Gasteiger partial charge in [-0.25, -0.2) is 9.36 Å². The second kappa shape index (κ2) is 27.2. The normalized spacial score (nSPS) is 8.90. The summed E-state index contributed by atoms with van der Waals surface area (Å²) < 4.78 is 43.0. The molecule has 0 saturated heterocycles. The minimum Gasteiger partial charge on any atom is -1.00 e. The van der Waals surface area contributed by atoms with Gasteiger partial charge in [0.1, 0.15) is 0 Å². The van der Waals surface area contributed by atoms with Gasteiger partial charge in [0.05, 0.1) is 12.8 Å². The number of carboxylic acid groups (broad SMARTS) is 3. The van der Waals surface area contributed by atoms with Crippen LogP contribution in [0.2, 0.25) is 0 Å². The Morgan fingerprint density at radius 1 is 0.793 bits per heavy atom. The fourth-order valence-corrected chi connectivity index (χ4v) is 0.714. The fourth-order valence-electron chi connectivity index (χ4n) is 0.714. The van der Waals surface area contributed by atoms with Crippen LogP contribution in [0.15, 0.2) is 0 Å². The van der Waals surface area contributed by atoms with E-state index < -0.39 is 54.6 Å². The van der Waals surface area contributed by atoms with Crippen molar-refractivity contribution in [2.75, 3.05) is 0 Å². The summed E-state index contributed by atoms with van der Waals surface area (Å²) >= 11 is 0. The zero-order valence-corrected chi connectivity index (χ0v) is 26.6. The third kappa shape index (κ3) is 72.2. The molecule has 0 rings (SSSR count). The molecule has 0 atom stereocenters. The summed E-state index contributed by atoms with van der Waals surface area (Å²) in [4.78, 5) is 52.0. The van der Waals surface area contributed by atoms with Gasteiger partial charge in [-0.1, -0.05) is 0 Å². The molecule has 29 heavy (non-hydrogen) atoms. The first-order chi connectivity index (χ1) is 9.78. The van der Waals surface area contributed by atoms with E-state index in [0.717, 1.165) is 0 Å². The summed E-state index contributed by atoms with van der Waals surface area (Å²) in [6.07, 6.45) is -2.29. The van der Waals surface area contributed by atoms with Crippen molar-refractivity contribution >= 4 is 36.1 Å². The molecule has 0 radical (unpaired) electrons. The van der Waals surface area contributed by atoms with E-state index in [0.29, 0.717) is 0 Å². The van der Waals surface area contributed by atoms with Gasteiger partial charge in [0, 0.05) is 10.4 Å². The quantitative estimate of drug-likeness (QED) is 0.0725. The maximum absolute atomic E-state index is 10.3. The second-order valence-corrected chi connectivity index (χ2v) is 5.24. The summed E-state index contributed by atoms with van der Waals surface area (Å²) in [6.45, 7) is 0. The smallest absolute Gasteiger partial charge is 1.00 e. The van der Waals surface area contributed by atoms with E-state index in [-0.39, 0.29) is 143 Å². The van der Waals surface area contributed by atoms with Gasteiger partial charge in [0.25, 0.3) is 0 Å². The molecule has 15 nitrogen and oxygen atoms in total. The van der Waals surface area contributed by atoms with Crippen molar-refractivity contribution in [2.45, 2.75) is 18.4 Å². The van der Waals surface area contributed by atoms with Crippen molar-refractivity contribution in [1.29, 1.82) is 0 Å². The van der Waals surface area contributed by atoms with E-state index in [4.69, 9.17) is 57.2 Å². The van der Waals surface area contributed by atoms with Crippen LogP contribution in [-0.2, 0) is 29.3 Å². The number of carboxylic acids is 3. The van der Waals surface area contributed by atoms with Crippen molar-refractivity contribution in [3.05, 3.63) is 0 Å². The molecule has 0 fully saturated rings. The van der Waals surface area contributed by atoms with Gasteiger partial charge in [-0.3, -0.25) is 18.0 Å². The molecule has 0 aromatic rings. The van der Waals surface area contributed by atoms with Crippen LogP contribution in [-0.4, -0.2) is 76.1 Å². The third-order valence-electron chi connectivity index (χ3n) is 1.29. The van der Waals surface area contributed by atoms with E-state index in [1.54, 1.807) is 0 Å². The molecule has 0 aliphatic rings. The van der Waals surface area contributed by atoms with Crippen molar-refractivity contribution < 1.29 is 215 Å². The Balaban J connectivity index is -0.0000000310. The number of aliphatic carboxylic acids is 3. The van der Waals surface area contributed by atoms with Crippen LogP contribution in [0.25, 0.3) is 0 Å². The Bertz CT molecular complexity index is 551. The number of carbonyl (C=O) groups is 3. The molecular weight excluding hydrogens is 538 g/mol. The minimum atomic E-state index is -5.17. The molecule has 0 aliphatic heterocycles. The van der Waals surface area contributed by atoms with E-state index in [9.17, 15) is 14.4 Å². The molecule has 0 amide bonds. The average molecular weight is 549 g/mol. The Labute approximate surface area is 265 Å². The van der Waals surface area contributed by atoms with E-state index in [1.165, 1.54) is 0 Å². The van der Waals surface area contributed by atoms with Crippen molar-refractivity contribution in [2.24, 2.45) is 0 Å². The summed E-state index contributed by atoms with van der Waals surface area (Å²) in [5, 5.41) is 33.8. The Morgan fingerprint density at radius 3 is 1.00 bits per heavy atom. The Hall–Kier alpha value is 2.93. The molecule has 0 unspecified atom stereocenters. The predicted octanol–water partition coefficient (Wildman–Crippen LogP) is -21.5. The van der Waals surface area contributed by atoms with E-state index >= 15 is 0 Å². The second-order valence-electron chi connectivity index (χ2n) is 3.40. The first-order valence-electron chi connectivity index (χ1n) is 4.62. The van der Waals surface area contributed by atoms with Gasteiger partial charge in [-0.2, -0.15) is 0 Å². The fraction of sp³-hybridized carbons (Fsp3) is 0.500.